The second kappa shape index (κ2) is 20.4. The van der Waals surface area contributed by atoms with Crippen molar-refractivity contribution in [2.75, 3.05) is 6.61 Å². The molecule has 0 saturated heterocycles. The summed E-state index contributed by atoms with van der Waals surface area (Å²) in [7, 11) is 0. The van der Waals surface area contributed by atoms with Crippen LogP contribution < -0.4 is 0 Å². The SMILES string of the molecule is CC/C=C/CCCCCCCC(=O)OC[C@H](C)OC(=O)CCCCCCCC. The van der Waals surface area contributed by atoms with Crippen LogP contribution in [0.5, 0.6) is 0 Å². The Balaban J connectivity index is 3.51. The molecule has 4 heteroatoms. The molecule has 0 N–H and O–H groups in total. The van der Waals surface area contributed by atoms with Crippen molar-refractivity contribution in [3.63, 3.8) is 0 Å². The Hall–Kier alpha value is -1.32. The third kappa shape index (κ3) is 19.4. The number of ether oxygens (including phenoxy) is 2. The first kappa shape index (κ1) is 26.7. The molecule has 0 aliphatic heterocycles. The van der Waals surface area contributed by atoms with Gasteiger partial charge in [-0.25, -0.2) is 0 Å². The van der Waals surface area contributed by atoms with Crippen LogP contribution in [0.2, 0.25) is 0 Å². The van der Waals surface area contributed by atoms with Gasteiger partial charge in [-0.3, -0.25) is 9.59 Å². The lowest BCUT2D eigenvalue weighted by molar-refractivity contribution is -0.158. The maximum Gasteiger partial charge on any atom is 0.306 e. The van der Waals surface area contributed by atoms with Crippen molar-refractivity contribution >= 4 is 11.9 Å². The molecule has 0 rings (SSSR count). The standard InChI is InChI=1S/C24H44O4/c1-4-6-8-10-12-13-14-16-17-19-23(25)27-21-22(3)28-24(26)20-18-15-11-9-7-5-2/h6,8,22H,4-5,7,9-21H2,1-3H3/b8-6+/t22-/m0/s1. The Morgan fingerprint density at radius 2 is 1.32 bits per heavy atom. The van der Waals surface area contributed by atoms with Gasteiger partial charge in [-0.2, -0.15) is 0 Å². The lowest BCUT2D eigenvalue weighted by Gasteiger charge is -2.13. The number of rotatable bonds is 19. The third-order valence-electron chi connectivity index (χ3n) is 4.70. The Kier molecular flexibility index (Phi) is 19.5. The lowest BCUT2D eigenvalue weighted by Crippen LogP contribution is -2.22. The molecule has 28 heavy (non-hydrogen) atoms. The van der Waals surface area contributed by atoms with Gasteiger partial charge in [-0.15, -0.1) is 0 Å². The maximum atomic E-state index is 11.8. The van der Waals surface area contributed by atoms with E-state index in [-0.39, 0.29) is 24.6 Å². The average molecular weight is 397 g/mol. The van der Waals surface area contributed by atoms with Crippen LogP contribution >= 0.6 is 0 Å². The van der Waals surface area contributed by atoms with Crippen molar-refractivity contribution in [3.8, 4) is 0 Å². The largest absolute Gasteiger partial charge is 0.462 e. The molecule has 0 fully saturated rings. The molecule has 164 valence electrons. The summed E-state index contributed by atoms with van der Waals surface area (Å²) in [5.41, 5.74) is 0. The van der Waals surface area contributed by atoms with Crippen LogP contribution in [0.15, 0.2) is 12.2 Å². The van der Waals surface area contributed by atoms with Gasteiger partial charge in [0.05, 0.1) is 0 Å². The predicted molar refractivity (Wildman–Crippen MR) is 116 cm³/mol. The molecule has 0 aliphatic rings. The van der Waals surface area contributed by atoms with Crippen molar-refractivity contribution in [2.45, 2.75) is 123 Å². The molecule has 0 amide bonds. The van der Waals surface area contributed by atoms with Crippen LogP contribution in [-0.4, -0.2) is 24.6 Å². The Bertz CT molecular complexity index is 403. The third-order valence-corrected chi connectivity index (χ3v) is 4.70. The second-order valence-electron chi connectivity index (χ2n) is 7.69. The zero-order valence-electron chi connectivity index (χ0n) is 18.7. The molecule has 1 atom stereocenters. The van der Waals surface area contributed by atoms with Crippen molar-refractivity contribution in [2.24, 2.45) is 0 Å². The molecule has 0 aromatic heterocycles. The molecule has 0 heterocycles. The second-order valence-corrected chi connectivity index (χ2v) is 7.69. The Morgan fingerprint density at radius 3 is 1.96 bits per heavy atom. The molecule has 4 nitrogen and oxygen atoms in total. The fourth-order valence-corrected chi connectivity index (χ4v) is 3.00. The highest BCUT2D eigenvalue weighted by Crippen LogP contribution is 2.10. The summed E-state index contributed by atoms with van der Waals surface area (Å²) < 4.78 is 10.5. The van der Waals surface area contributed by atoms with Gasteiger partial charge in [-0.1, -0.05) is 77.4 Å². The summed E-state index contributed by atoms with van der Waals surface area (Å²) in [5, 5.41) is 0. The first-order chi connectivity index (χ1) is 13.6. The number of esters is 2. The fourth-order valence-electron chi connectivity index (χ4n) is 3.00. The summed E-state index contributed by atoms with van der Waals surface area (Å²) in [6, 6.07) is 0. The summed E-state index contributed by atoms with van der Waals surface area (Å²) in [5.74, 6) is -0.377. The highest BCUT2D eigenvalue weighted by Gasteiger charge is 2.12. The summed E-state index contributed by atoms with van der Waals surface area (Å²) in [6.45, 7) is 6.28. The summed E-state index contributed by atoms with van der Waals surface area (Å²) in [6.07, 6.45) is 19.7. The first-order valence-corrected chi connectivity index (χ1v) is 11.6. The fraction of sp³-hybridized carbons (Fsp3) is 0.833. The minimum atomic E-state index is -0.368. The Labute approximate surface area is 173 Å². The molecule has 0 radical (unpaired) electrons. The van der Waals surface area contributed by atoms with E-state index in [2.05, 4.69) is 26.0 Å². The maximum absolute atomic E-state index is 11.8. The van der Waals surface area contributed by atoms with Gasteiger partial charge in [0.15, 0.2) is 0 Å². The minimum Gasteiger partial charge on any atom is -0.462 e. The number of allylic oxidation sites excluding steroid dienone is 2. The molecule has 0 spiro atoms. The number of hydrogen-bond acceptors (Lipinski definition) is 4. The predicted octanol–water partition coefficient (Wildman–Crippen LogP) is 6.91. The smallest absolute Gasteiger partial charge is 0.306 e. The number of carbonyl (C=O) groups excluding carboxylic acids is 2. The number of carbonyl (C=O) groups is 2. The quantitative estimate of drug-likeness (QED) is 0.135. The average Bonchev–Trinajstić information content (AvgIpc) is 2.67. The summed E-state index contributed by atoms with van der Waals surface area (Å²) >= 11 is 0. The van der Waals surface area contributed by atoms with Crippen LogP contribution in [0.1, 0.15) is 117 Å². The van der Waals surface area contributed by atoms with Gasteiger partial charge in [-0.05, 0) is 39.0 Å². The van der Waals surface area contributed by atoms with Crippen LogP contribution in [0.3, 0.4) is 0 Å². The van der Waals surface area contributed by atoms with Crippen molar-refractivity contribution in [3.05, 3.63) is 12.2 Å². The van der Waals surface area contributed by atoms with E-state index < -0.39 is 0 Å². The zero-order valence-corrected chi connectivity index (χ0v) is 18.7. The molecular weight excluding hydrogens is 352 g/mol. The van der Waals surface area contributed by atoms with E-state index in [0.717, 1.165) is 38.5 Å². The van der Waals surface area contributed by atoms with Gasteiger partial charge in [0.2, 0.25) is 0 Å². The van der Waals surface area contributed by atoms with Crippen LogP contribution in [-0.2, 0) is 19.1 Å². The van der Waals surface area contributed by atoms with Crippen molar-refractivity contribution in [1.82, 2.24) is 0 Å². The summed E-state index contributed by atoms with van der Waals surface area (Å²) in [4.78, 5) is 23.5. The van der Waals surface area contributed by atoms with Crippen LogP contribution in [0.4, 0.5) is 0 Å². The molecular formula is C24H44O4. The topological polar surface area (TPSA) is 52.6 Å². The molecule has 0 saturated carbocycles. The van der Waals surface area contributed by atoms with Crippen LogP contribution in [0.25, 0.3) is 0 Å². The minimum absolute atomic E-state index is 0.158. The highest BCUT2D eigenvalue weighted by atomic mass is 16.6. The van der Waals surface area contributed by atoms with E-state index in [4.69, 9.17) is 9.47 Å². The molecule has 0 bridgehead atoms. The van der Waals surface area contributed by atoms with E-state index in [1.54, 1.807) is 6.92 Å². The van der Waals surface area contributed by atoms with Crippen molar-refractivity contribution < 1.29 is 19.1 Å². The molecule has 0 aromatic rings. The normalized spacial score (nSPS) is 12.2. The van der Waals surface area contributed by atoms with Gasteiger partial charge in [0.25, 0.3) is 0 Å². The lowest BCUT2D eigenvalue weighted by atomic mass is 10.1. The number of unbranched alkanes of at least 4 members (excludes halogenated alkanes) is 10. The van der Waals surface area contributed by atoms with E-state index in [0.29, 0.717) is 12.8 Å². The van der Waals surface area contributed by atoms with E-state index in [1.807, 2.05) is 0 Å². The van der Waals surface area contributed by atoms with Gasteiger partial charge in [0, 0.05) is 12.8 Å². The first-order valence-electron chi connectivity index (χ1n) is 11.6. The zero-order chi connectivity index (χ0) is 20.9. The highest BCUT2D eigenvalue weighted by molar-refractivity contribution is 5.70. The van der Waals surface area contributed by atoms with E-state index in [1.165, 1.54) is 44.9 Å². The monoisotopic (exact) mass is 396 g/mol. The molecule has 0 aromatic carbocycles. The van der Waals surface area contributed by atoms with E-state index >= 15 is 0 Å². The van der Waals surface area contributed by atoms with E-state index in [9.17, 15) is 9.59 Å². The van der Waals surface area contributed by atoms with Gasteiger partial charge >= 0.3 is 11.9 Å². The van der Waals surface area contributed by atoms with Crippen molar-refractivity contribution in [1.29, 1.82) is 0 Å². The molecule has 0 unspecified atom stereocenters. The molecule has 0 aliphatic carbocycles. The Morgan fingerprint density at radius 1 is 0.750 bits per heavy atom. The van der Waals surface area contributed by atoms with Gasteiger partial charge in [0.1, 0.15) is 12.7 Å². The number of hydrogen-bond donors (Lipinski definition) is 0. The van der Waals surface area contributed by atoms with Crippen LogP contribution in [0, 0.1) is 0 Å². The van der Waals surface area contributed by atoms with Gasteiger partial charge < -0.3 is 9.47 Å².